The van der Waals surface area contributed by atoms with Crippen molar-refractivity contribution in [2.45, 2.75) is 19.8 Å². The van der Waals surface area contributed by atoms with Gasteiger partial charge in [0.2, 0.25) is 0 Å². The minimum Gasteiger partial charge on any atom is -0.489 e. The van der Waals surface area contributed by atoms with E-state index in [0.29, 0.717) is 12.5 Å². The summed E-state index contributed by atoms with van der Waals surface area (Å²) >= 11 is 4.74. The minimum atomic E-state index is 0.307. The molecule has 2 aromatic carbocycles. The first kappa shape index (κ1) is 13.8. The van der Waals surface area contributed by atoms with E-state index < -0.39 is 0 Å². The SMILES string of the molecule is CC.S=COCC1c2ccccc2-c2ccccc21. The van der Waals surface area contributed by atoms with Crippen LogP contribution in [0.2, 0.25) is 0 Å². The fourth-order valence-electron chi connectivity index (χ4n) is 2.57. The molecule has 98 valence electrons. The van der Waals surface area contributed by atoms with Gasteiger partial charge in [-0.05, 0) is 34.5 Å². The minimum absolute atomic E-state index is 0.307. The van der Waals surface area contributed by atoms with Crippen molar-refractivity contribution in [2.75, 3.05) is 6.61 Å². The number of hydrogen-bond acceptors (Lipinski definition) is 2. The summed E-state index contributed by atoms with van der Waals surface area (Å²) in [7, 11) is 0. The normalized spacial score (nSPS) is 11.9. The lowest BCUT2D eigenvalue weighted by Crippen LogP contribution is -2.05. The Bertz CT molecular complexity index is 517. The molecule has 0 atom stereocenters. The van der Waals surface area contributed by atoms with E-state index >= 15 is 0 Å². The van der Waals surface area contributed by atoms with Crippen molar-refractivity contribution < 1.29 is 4.74 Å². The lowest BCUT2D eigenvalue weighted by Gasteiger charge is -2.12. The fraction of sp³-hybridized carbons (Fsp3) is 0.235. The van der Waals surface area contributed by atoms with Crippen LogP contribution in [0.15, 0.2) is 48.5 Å². The molecular weight excluding hydrogens is 252 g/mol. The van der Waals surface area contributed by atoms with Crippen molar-refractivity contribution in [2.24, 2.45) is 0 Å². The Kier molecular flexibility index (Phi) is 4.69. The van der Waals surface area contributed by atoms with E-state index in [1.54, 1.807) is 0 Å². The topological polar surface area (TPSA) is 9.23 Å². The zero-order valence-electron chi connectivity index (χ0n) is 11.3. The van der Waals surface area contributed by atoms with Gasteiger partial charge in [-0.1, -0.05) is 62.4 Å². The highest BCUT2D eigenvalue weighted by atomic mass is 32.1. The van der Waals surface area contributed by atoms with Crippen molar-refractivity contribution >= 4 is 17.8 Å². The second-order valence-electron chi connectivity index (χ2n) is 4.16. The zero-order chi connectivity index (χ0) is 13.7. The summed E-state index contributed by atoms with van der Waals surface area (Å²) in [5, 5.41) is 0. The predicted octanol–water partition coefficient (Wildman–Crippen LogP) is 4.80. The standard InChI is InChI=1S/C15H12OS.C2H6/c17-10-16-9-15-13-7-3-1-5-11(13)12-6-2-4-8-14(12)15;1-2/h1-8,10,15H,9H2;1-2H3. The molecule has 0 saturated carbocycles. The van der Waals surface area contributed by atoms with Gasteiger partial charge in [-0.3, -0.25) is 0 Å². The van der Waals surface area contributed by atoms with Crippen LogP contribution in [0.4, 0.5) is 0 Å². The molecule has 2 aromatic rings. The van der Waals surface area contributed by atoms with Crippen LogP contribution in [0.5, 0.6) is 0 Å². The smallest absolute Gasteiger partial charge is 0.146 e. The lowest BCUT2D eigenvalue weighted by molar-refractivity contribution is 0.313. The lowest BCUT2D eigenvalue weighted by atomic mass is 9.98. The molecule has 0 radical (unpaired) electrons. The van der Waals surface area contributed by atoms with Crippen LogP contribution in [0, 0.1) is 0 Å². The van der Waals surface area contributed by atoms with Crippen LogP contribution < -0.4 is 0 Å². The van der Waals surface area contributed by atoms with Gasteiger partial charge in [0.25, 0.3) is 0 Å². The van der Waals surface area contributed by atoms with E-state index in [9.17, 15) is 0 Å². The van der Waals surface area contributed by atoms with Crippen LogP contribution in [0.25, 0.3) is 11.1 Å². The van der Waals surface area contributed by atoms with Gasteiger partial charge < -0.3 is 4.74 Å². The molecule has 0 aromatic heterocycles. The number of thiocarbonyl (C=S) groups is 1. The van der Waals surface area contributed by atoms with Crippen molar-refractivity contribution in [3.63, 3.8) is 0 Å². The molecule has 1 aliphatic carbocycles. The van der Waals surface area contributed by atoms with Crippen LogP contribution >= 0.6 is 12.2 Å². The van der Waals surface area contributed by atoms with Crippen LogP contribution in [0.1, 0.15) is 30.9 Å². The van der Waals surface area contributed by atoms with Crippen LogP contribution in [0.3, 0.4) is 0 Å². The van der Waals surface area contributed by atoms with Gasteiger partial charge in [0.1, 0.15) is 5.55 Å². The molecule has 1 nitrogen and oxygen atoms in total. The molecule has 0 heterocycles. The highest BCUT2D eigenvalue weighted by Gasteiger charge is 2.27. The summed E-state index contributed by atoms with van der Waals surface area (Å²) in [6, 6.07) is 17.0. The van der Waals surface area contributed by atoms with Gasteiger partial charge in [-0.25, -0.2) is 0 Å². The van der Waals surface area contributed by atoms with E-state index in [1.165, 1.54) is 27.8 Å². The van der Waals surface area contributed by atoms with E-state index in [0.717, 1.165) is 0 Å². The highest BCUT2D eigenvalue weighted by molar-refractivity contribution is 7.78. The number of fused-ring (bicyclic) bond motifs is 3. The van der Waals surface area contributed by atoms with Gasteiger partial charge in [0.15, 0.2) is 0 Å². The number of benzene rings is 2. The highest BCUT2D eigenvalue weighted by Crippen LogP contribution is 2.44. The molecule has 0 fully saturated rings. The Morgan fingerprint density at radius 1 is 0.947 bits per heavy atom. The van der Waals surface area contributed by atoms with Gasteiger partial charge in [0.05, 0.1) is 6.61 Å². The quantitative estimate of drug-likeness (QED) is 0.741. The van der Waals surface area contributed by atoms with Gasteiger partial charge in [-0.2, -0.15) is 0 Å². The molecule has 1 aliphatic rings. The maximum absolute atomic E-state index is 5.32. The van der Waals surface area contributed by atoms with E-state index in [-0.39, 0.29) is 0 Å². The maximum Gasteiger partial charge on any atom is 0.146 e. The second-order valence-corrected chi connectivity index (χ2v) is 4.35. The Morgan fingerprint density at radius 3 is 1.89 bits per heavy atom. The molecule has 0 N–H and O–H groups in total. The van der Waals surface area contributed by atoms with Gasteiger partial charge in [0, 0.05) is 5.92 Å². The van der Waals surface area contributed by atoms with Crippen LogP contribution in [-0.4, -0.2) is 12.2 Å². The maximum atomic E-state index is 5.32. The number of hydrogen-bond donors (Lipinski definition) is 0. The summed E-state index contributed by atoms with van der Waals surface area (Å²) in [5.74, 6) is 0.307. The molecule has 0 amide bonds. The Morgan fingerprint density at radius 2 is 1.42 bits per heavy atom. The molecule has 0 unspecified atom stereocenters. The molecule has 19 heavy (non-hydrogen) atoms. The van der Waals surface area contributed by atoms with E-state index in [1.807, 2.05) is 13.8 Å². The predicted molar refractivity (Wildman–Crippen MR) is 84.7 cm³/mol. The average Bonchev–Trinajstić information content (AvgIpc) is 2.82. The van der Waals surface area contributed by atoms with Gasteiger partial charge in [-0.15, -0.1) is 0 Å². The largest absolute Gasteiger partial charge is 0.489 e. The fourth-order valence-corrected chi connectivity index (χ4v) is 2.65. The molecule has 3 rings (SSSR count). The Labute approximate surface area is 120 Å². The third-order valence-corrected chi connectivity index (χ3v) is 3.43. The summed E-state index contributed by atoms with van der Waals surface area (Å²) < 4.78 is 5.32. The first-order valence-electron chi connectivity index (χ1n) is 6.65. The second kappa shape index (κ2) is 6.48. The van der Waals surface area contributed by atoms with Crippen molar-refractivity contribution in [1.82, 2.24) is 0 Å². The molecule has 0 aliphatic heterocycles. The molecular formula is C17H18OS. The van der Waals surface area contributed by atoms with E-state index in [4.69, 9.17) is 17.0 Å². The van der Waals surface area contributed by atoms with Crippen molar-refractivity contribution in [3.05, 3.63) is 59.7 Å². The molecule has 0 bridgehead atoms. The zero-order valence-corrected chi connectivity index (χ0v) is 12.1. The van der Waals surface area contributed by atoms with Crippen molar-refractivity contribution in [1.29, 1.82) is 0 Å². The third kappa shape index (κ3) is 2.54. The summed E-state index contributed by atoms with van der Waals surface area (Å²) in [4.78, 5) is 0. The van der Waals surface area contributed by atoms with E-state index in [2.05, 4.69) is 48.5 Å². The summed E-state index contributed by atoms with van der Waals surface area (Å²) in [6.07, 6.45) is 0. The summed E-state index contributed by atoms with van der Waals surface area (Å²) in [5.41, 5.74) is 6.67. The van der Waals surface area contributed by atoms with Gasteiger partial charge >= 0.3 is 0 Å². The average molecular weight is 270 g/mol. The third-order valence-electron chi connectivity index (χ3n) is 3.29. The number of ether oxygens (including phenoxy) is 1. The first-order chi connectivity index (χ1) is 9.42. The Hall–Kier alpha value is -1.67. The Balaban J connectivity index is 0.000000637. The van der Waals surface area contributed by atoms with Crippen molar-refractivity contribution in [3.8, 4) is 11.1 Å². The number of rotatable bonds is 3. The summed E-state index contributed by atoms with van der Waals surface area (Å²) in [6.45, 7) is 4.62. The monoisotopic (exact) mass is 270 g/mol. The first-order valence-corrected chi connectivity index (χ1v) is 7.12. The molecule has 0 spiro atoms. The van der Waals surface area contributed by atoms with Crippen LogP contribution in [-0.2, 0) is 4.74 Å². The molecule has 0 saturated heterocycles. The molecule has 2 heteroatoms.